The van der Waals surface area contributed by atoms with E-state index >= 15 is 0 Å². The maximum atomic E-state index is 12.8. The number of ether oxygens (including phenoxy) is 3. The van der Waals surface area contributed by atoms with E-state index < -0.39 is 6.10 Å². The van der Waals surface area contributed by atoms with Gasteiger partial charge in [-0.1, -0.05) is 182 Å². The van der Waals surface area contributed by atoms with Crippen molar-refractivity contribution in [1.82, 2.24) is 0 Å². The van der Waals surface area contributed by atoms with Gasteiger partial charge in [0.05, 0.1) is 0 Å². The lowest BCUT2D eigenvalue weighted by molar-refractivity contribution is -0.167. The van der Waals surface area contributed by atoms with Gasteiger partial charge in [-0.05, 0) is 109 Å². The van der Waals surface area contributed by atoms with Crippen LogP contribution >= 0.6 is 0 Å². The van der Waals surface area contributed by atoms with Crippen molar-refractivity contribution in [1.29, 1.82) is 0 Å². The van der Waals surface area contributed by atoms with Crippen molar-refractivity contribution in [3.8, 4) is 0 Å². The average Bonchev–Trinajstić information content (AvgIpc) is 3.26. The molecule has 0 aromatic carbocycles. The molecule has 0 bridgehead atoms. The molecule has 0 saturated heterocycles. The van der Waals surface area contributed by atoms with E-state index in [1.165, 1.54) is 51.4 Å². The van der Waals surface area contributed by atoms with Crippen LogP contribution in [0.3, 0.4) is 0 Å². The molecule has 0 spiro atoms. The molecule has 0 aromatic heterocycles. The van der Waals surface area contributed by atoms with Crippen LogP contribution in [0.2, 0.25) is 0 Å². The largest absolute Gasteiger partial charge is 0.462 e. The van der Waals surface area contributed by atoms with E-state index in [1.807, 2.05) is 0 Å². The molecule has 0 rings (SSSR count). The highest BCUT2D eigenvalue weighted by Crippen LogP contribution is 2.13. The lowest BCUT2D eigenvalue weighted by Crippen LogP contribution is -2.30. The van der Waals surface area contributed by atoms with Crippen molar-refractivity contribution in [2.24, 2.45) is 0 Å². The molecule has 0 aromatic rings. The zero-order chi connectivity index (χ0) is 44.4. The summed E-state index contributed by atoms with van der Waals surface area (Å²) in [7, 11) is 0. The van der Waals surface area contributed by atoms with Gasteiger partial charge in [-0.3, -0.25) is 14.4 Å². The highest BCUT2D eigenvalue weighted by atomic mass is 16.6. The van der Waals surface area contributed by atoms with Crippen molar-refractivity contribution >= 4 is 17.9 Å². The molecule has 1 unspecified atom stereocenters. The second kappa shape index (κ2) is 49.0. The molecule has 0 heterocycles. The Hall–Kier alpha value is -3.67. The Balaban J connectivity index is 4.48. The van der Waals surface area contributed by atoms with Gasteiger partial charge in [0.25, 0.3) is 0 Å². The molecule has 0 aliphatic carbocycles. The SMILES string of the molecule is CC/C=C\C/C=C\C/C=C\CCCCCCCCC(=O)OCC(COC(=O)CCCC/C=C\C/C=C\C/C=C\CC)OC(=O)CCCCCCCC/C=C\C=C/CCCCC. The van der Waals surface area contributed by atoms with Gasteiger partial charge in [0, 0.05) is 19.3 Å². The highest BCUT2D eigenvalue weighted by Gasteiger charge is 2.19. The summed E-state index contributed by atoms with van der Waals surface area (Å²) >= 11 is 0. The van der Waals surface area contributed by atoms with Crippen molar-refractivity contribution in [3.63, 3.8) is 0 Å². The van der Waals surface area contributed by atoms with Crippen molar-refractivity contribution in [2.75, 3.05) is 13.2 Å². The Bertz CT molecular complexity index is 1250. The number of hydrogen-bond acceptors (Lipinski definition) is 6. The Labute approximate surface area is 375 Å². The minimum absolute atomic E-state index is 0.103. The first kappa shape index (κ1) is 57.3. The van der Waals surface area contributed by atoms with Gasteiger partial charge >= 0.3 is 17.9 Å². The topological polar surface area (TPSA) is 78.9 Å². The maximum Gasteiger partial charge on any atom is 0.306 e. The van der Waals surface area contributed by atoms with Gasteiger partial charge < -0.3 is 14.2 Å². The predicted octanol–water partition coefficient (Wildman–Crippen LogP) is 16.2. The third-order valence-corrected chi connectivity index (χ3v) is 10.1. The van der Waals surface area contributed by atoms with Crippen molar-refractivity contribution < 1.29 is 28.6 Å². The van der Waals surface area contributed by atoms with Crippen molar-refractivity contribution in [3.05, 3.63) is 97.2 Å². The summed E-state index contributed by atoms with van der Waals surface area (Å²) < 4.78 is 16.7. The molecule has 1 atom stereocenters. The zero-order valence-electron chi connectivity index (χ0n) is 39.4. The van der Waals surface area contributed by atoms with Crippen LogP contribution < -0.4 is 0 Å². The third kappa shape index (κ3) is 47.2. The second-order valence-corrected chi connectivity index (χ2v) is 16.0. The molecule has 61 heavy (non-hydrogen) atoms. The summed E-state index contributed by atoms with van der Waals surface area (Å²) in [5.41, 5.74) is 0. The molecular weight excluding hydrogens is 757 g/mol. The number of hydrogen-bond donors (Lipinski definition) is 0. The van der Waals surface area contributed by atoms with Gasteiger partial charge in [-0.2, -0.15) is 0 Å². The minimum Gasteiger partial charge on any atom is -0.462 e. The summed E-state index contributed by atoms with van der Waals surface area (Å²) in [5.74, 6) is -0.973. The number of esters is 3. The molecule has 0 radical (unpaired) electrons. The molecule has 6 heteroatoms. The highest BCUT2D eigenvalue weighted by molar-refractivity contribution is 5.71. The lowest BCUT2D eigenvalue weighted by atomic mass is 10.1. The van der Waals surface area contributed by atoms with Gasteiger partial charge in [-0.15, -0.1) is 0 Å². The summed E-state index contributed by atoms with van der Waals surface area (Å²) in [6, 6.07) is 0. The van der Waals surface area contributed by atoms with E-state index in [0.717, 1.165) is 122 Å². The van der Waals surface area contributed by atoms with Crippen LogP contribution in [-0.4, -0.2) is 37.2 Å². The fourth-order valence-electron chi connectivity index (χ4n) is 6.40. The standard InChI is InChI=1S/C55H90O6/c1-4-7-10-13-16-19-22-25-27-29-30-33-36-39-42-45-48-54(57)60-51-52(50-59-53(56)47-44-41-38-35-32-24-21-18-15-12-9-6-3)61-55(58)49-46-43-40-37-34-31-28-26-23-20-17-14-11-8-5-2/h7,9-10,12,16-21,23,25-27,32,35,52H,4-6,8,11,13-15,22,24,28-31,33-34,36-51H2,1-3H3/b10-7-,12-9-,19-16-,20-17-,21-18-,26-23-,27-25-,35-32-. The van der Waals surface area contributed by atoms with Crippen LogP contribution in [0.1, 0.15) is 213 Å². The summed E-state index contributed by atoms with van der Waals surface area (Å²) in [6.07, 6.45) is 63.9. The van der Waals surface area contributed by atoms with Crippen LogP contribution in [0.15, 0.2) is 97.2 Å². The van der Waals surface area contributed by atoms with Crippen LogP contribution in [0.25, 0.3) is 0 Å². The second-order valence-electron chi connectivity index (χ2n) is 16.0. The molecule has 0 saturated carbocycles. The molecule has 6 nitrogen and oxygen atoms in total. The Morgan fingerprint density at radius 3 is 1.13 bits per heavy atom. The molecule has 0 fully saturated rings. The molecular formula is C55H90O6. The predicted molar refractivity (Wildman–Crippen MR) is 260 cm³/mol. The van der Waals surface area contributed by atoms with Gasteiger partial charge in [0.2, 0.25) is 0 Å². The van der Waals surface area contributed by atoms with Crippen LogP contribution in [0.5, 0.6) is 0 Å². The van der Waals surface area contributed by atoms with E-state index in [9.17, 15) is 14.4 Å². The molecule has 0 N–H and O–H groups in total. The number of carbonyl (C=O) groups is 3. The van der Waals surface area contributed by atoms with Crippen molar-refractivity contribution in [2.45, 2.75) is 219 Å². The van der Waals surface area contributed by atoms with Gasteiger partial charge in [0.1, 0.15) is 13.2 Å². The van der Waals surface area contributed by atoms with Gasteiger partial charge in [-0.25, -0.2) is 0 Å². The monoisotopic (exact) mass is 847 g/mol. The normalized spacial score (nSPS) is 12.9. The van der Waals surface area contributed by atoms with E-state index in [0.29, 0.717) is 19.3 Å². The smallest absolute Gasteiger partial charge is 0.306 e. The number of unbranched alkanes of at least 4 members (excludes halogenated alkanes) is 17. The Kier molecular flexibility index (Phi) is 46.0. The van der Waals surface area contributed by atoms with Crippen LogP contribution in [-0.2, 0) is 28.6 Å². The maximum absolute atomic E-state index is 12.8. The minimum atomic E-state index is -0.805. The van der Waals surface area contributed by atoms with E-state index in [1.54, 1.807) is 0 Å². The summed E-state index contributed by atoms with van der Waals surface area (Å²) in [5, 5.41) is 0. The number of allylic oxidation sites excluding steroid dienone is 16. The van der Waals surface area contributed by atoms with E-state index in [2.05, 4.69) is 118 Å². The number of carbonyl (C=O) groups excluding carboxylic acids is 3. The third-order valence-electron chi connectivity index (χ3n) is 10.1. The molecule has 0 amide bonds. The van der Waals surface area contributed by atoms with Crippen LogP contribution in [0.4, 0.5) is 0 Å². The first-order valence-corrected chi connectivity index (χ1v) is 24.8. The summed E-state index contributed by atoms with van der Waals surface area (Å²) in [4.78, 5) is 37.9. The molecule has 0 aliphatic rings. The Morgan fingerprint density at radius 1 is 0.361 bits per heavy atom. The number of rotatable bonds is 43. The fraction of sp³-hybridized carbons (Fsp3) is 0.655. The first-order chi connectivity index (χ1) is 30.0. The Morgan fingerprint density at radius 2 is 0.689 bits per heavy atom. The average molecular weight is 847 g/mol. The quantitative estimate of drug-likeness (QED) is 0.0200. The van der Waals surface area contributed by atoms with Crippen LogP contribution in [0, 0.1) is 0 Å². The molecule has 0 aliphatic heterocycles. The van der Waals surface area contributed by atoms with E-state index in [4.69, 9.17) is 14.2 Å². The van der Waals surface area contributed by atoms with E-state index in [-0.39, 0.29) is 31.1 Å². The molecule has 346 valence electrons. The lowest BCUT2D eigenvalue weighted by Gasteiger charge is -2.18. The summed E-state index contributed by atoms with van der Waals surface area (Å²) in [6.45, 7) is 6.31. The zero-order valence-corrected chi connectivity index (χ0v) is 39.4. The fourth-order valence-corrected chi connectivity index (χ4v) is 6.40. The van der Waals surface area contributed by atoms with Gasteiger partial charge in [0.15, 0.2) is 6.10 Å². The first-order valence-electron chi connectivity index (χ1n) is 24.8.